The van der Waals surface area contributed by atoms with Crippen LogP contribution >= 0.6 is 0 Å². The van der Waals surface area contributed by atoms with E-state index in [4.69, 9.17) is 4.18 Å². The number of benzene rings is 1. The Kier molecular flexibility index (Phi) is 4.81. The van der Waals surface area contributed by atoms with Crippen molar-refractivity contribution < 1.29 is 12.6 Å². The summed E-state index contributed by atoms with van der Waals surface area (Å²) in [4.78, 5) is 7.98. The number of hydrogen-bond donors (Lipinski definition) is 0. The molecule has 106 valence electrons. The molecule has 20 heavy (non-hydrogen) atoms. The fraction of sp³-hybridized carbons (Fsp3) is 0.286. The maximum atomic E-state index is 11.9. The molecule has 0 saturated carbocycles. The second-order valence-electron chi connectivity index (χ2n) is 4.44. The van der Waals surface area contributed by atoms with Crippen molar-refractivity contribution in [1.82, 2.24) is 9.97 Å². The van der Waals surface area contributed by atoms with Crippen LogP contribution in [0.1, 0.15) is 17.5 Å². The zero-order valence-electron chi connectivity index (χ0n) is 11.2. The first-order valence-electron chi connectivity index (χ1n) is 6.28. The zero-order chi connectivity index (χ0) is 14.4. The van der Waals surface area contributed by atoms with Crippen LogP contribution in [-0.4, -0.2) is 25.0 Å². The Morgan fingerprint density at radius 2 is 1.75 bits per heavy atom. The first kappa shape index (κ1) is 14.6. The van der Waals surface area contributed by atoms with Crippen molar-refractivity contribution in [2.75, 3.05) is 6.61 Å². The van der Waals surface area contributed by atoms with Gasteiger partial charge in [-0.2, -0.15) is 8.42 Å². The van der Waals surface area contributed by atoms with Gasteiger partial charge in [-0.05, 0) is 37.5 Å². The van der Waals surface area contributed by atoms with E-state index in [1.165, 1.54) is 6.33 Å². The molecule has 0 aliphatic rings. The Hall–Kier alpha value is -1.79. The van der Waals surface area contributed by atoms with Gasteiger partial charge in [0.1, 0.15) is 6.33 Å². The van der Waals surface area contributed by atoms with Crippen LogP contribution in [0.2, 0.25) is 0 Å². The SMILES string of the molecule is Cc1ccc(S(=O)(=O)OCCCc2cncnc2)cc1. The minimum absolute atomic E-state index is 0.144. The van der Waals surface area contributed by atoms with E-state index in [2.05, 4.69) is 9.97 Å². The molecule has 1 heterocycles. The highest BCUT2D eigenvalue weighted by Gasteiger charge is 2.14. The topological polar surface area (TPSA) is 69.2 Å². The second kappa shape index (κ2) is 6.58. The highest BCUT2D eigenvalue weighted by atomic mass is 32.2. The van der Waals surface area contributed by atoms with E-state index in [-0.39, 0.29) is 11.5 Å². The predicted octanol–water partition coefficient (Wildman–Crippen LogP) is 2.12. The molecule has 2 aromatic rings. The van der Waals surface area contributed by atoms with Crippen LogP contribution < -0.4 is 0 Å². The summed E-state index contributed by atoms with van der Waals surface area (Å²) >= 11 is 0. The van der Waals surface area contributed by atoms with Crippen molar-refractivity contribution in [3.8, 4) is 0 Å². The van der Waals surface area contributed by atoms with Crippen LogP contribution in [0.15, 0.2) is 47.9 Å². The van der Waals surface area contributed by atoms with E-state index in [9.17, 15) is 8.42 Å². The molecule has 0 saturated heterocycles. The molecule has 6 heteroatoms. The third kappa shape index (κ3) is 4.11. The highest BCUT2D eigenvalue weighted by molar-refractivity contribution is 7.86. The lowest BCUT2D eigenvalue weighted by Gasteiger charge is -2.06. The van der Waals surface area contributed by atoms with Gasteiger partial charge in [-0.25, -0.2) is 9.97 Å². The maximum Gasteiger partial charge on any atom is 0.296 e. The van der Waals surface area contributed by atoms with Crippen molar-refractivity contribution in [3.63, 3.8) is 0 Å². The van der Waals surface area contributed by atoms with Gasteiger partial charge in [0.25, 0.3) is 10.1 Å². The van der Waals surface area contributed by atoms with Crippen LogP contribution in [0.4, 0.5) is 0 Å². The Labute approximate surface area is 118 Å². The van der Waals surface area contributed by atoms with Gasteiger partial charge in [-0.3, -0.25) is 4.18 Å². The molecule has 0 fully saturated rings. The Morgan fingerprint density at radius 3 is 2.40 bits per heavy atom. The minimum Gasteiger partial charge on any atom is -0.266 e. The molecule has 0 unspecified atom stereocenters. The molecule has 0 amide bonds. The largest absolute Gasteiger partial charge is 0.296 e. The average Bonchev–Trinajstić information content (AvgIpc) is 2.45. The van der Waals surface area contributed by atoms with Crippen molar-refractivity contribution >= 4 is 10.1 Å². The number of nitrogens with zero attached hydrogens (tertiary/aromatic N) is 2. The van der Waals surface area contributed by atoms with Crippen LogP contribution in [-0.2, 0) is 20.7 Å². The minimum atomic E-state index is -3.66. The van der Waals surface area contributed by atoms with Crippen LogP contribution in [0.5, 0.6) is 0 Å². The molecular weight excluding hydrogens is 276 g/mol. The third-order valence-corrected chi connectivity index (χ3v) is 4.10. The van der Waals surface area contributed by atoms with Gasteiger partial charge in [0, 0.05) is 12.4 Å². The van der Waals surface area contributed by atoms with Gasteiger partial charge in [0.05, 0.1) is 11.5 Å². The molecule has 5 nitrogen and oxygen atoms in total. The standard InChI is InChI=1S/C14H16N2O3S/c1-12-4-6-14(7-5-12)20(17,18)19-8-2-3-13-9-15-11-16-10-13/h4-7,9-11H,2-3,8H2,1H3. The zero-order valence-corrected chi connectivity index (χ0v) is 12.0. The van der Waals surface area contributed by atoms with E-state index in [0.29, 0.717) is 12.8 Å². The summed E-state index contributed by atoms with van der Waals surface area (Å²) in [6.45, 7) is 2.05. The first-order chi connectivity index (χ1) is 9.58. The highest BCUT2D eigenvalue weighted by Crippen LogP contribution is 2.13. The normalized spacial score (nSPS) is 11.4. The summed E-state index contributed by atoms with van der Waals surface area (Å²) in [7, 11) is -3.66. The smallest absolute Gasteiger partial charge is 0.266 e. The maximum absolute atomic E-state index is 11.9. The Bertz CT molecular complexity index is 640. The number of hydrogen-bond acceptors (Lipinski definition) is 5. The van der Waals surface area contributed by atoms with E-state index in [0.717, 1.165) is 11.1 Å². The summed E-state index contributed by atoms with van der Waals surface area (Å²) in [5.41, 5.74) is 1.97. The Morgan fingerprint density at radius 1 is 1.10 bits per heavy atom. The molecule has 2 rings (SSSR count). The molecule has 0 N–H and O–H groups in total. The van der Waals surface area contributed by atoms with E-state index < -0.39 is 10.1 Å². The molecule has 0 atom stereocenters. The van der Waals surface area contributed by atoms with Gasteiger partial charge < -0.3 is 0 Å². The van der Waals surface area contributed by atoms with Crippen molar-refractivity contribution in [1.29, 1.82) is 0 Å². The summed E-state index contributed by atoms with van der Waals surface area (Å²) in [5, 5.41) is 0. The quantitative estimate of drug-likeness (QED) is 0.602. The van der Waals surface area contributed by atoms with Crippen molar-refractivity contribution in [2.45, 2.75) is 24.7 Å². The molecule has 0 aliphatic carbocycles. The molecule has 0 spiro atoms. The lowest BCUT2D eigenvalue weighted by molar-refractivity contribution is 0.312. The lowest BCUT2D eigenvalue weighted by Crippen LogP contribution is -2.08. The third-order valence-electron chi connectivity index (χ3n) is 2.77. The van der Waals surface area contributed by atoms with Gasteiger partial charge in [0.2, 0.25) is 0 Å². The van der Waals surface area contributed by atoms with E-state index in [1.807, 2.05) is 6.92 Å². The molecular formula is C14H16N2O3S. The van der Waals surface area contributed by atoms with Crippen molar-refractivity contribution in [3.05, 3.63) is 54.1 Å². The number of rotatable bonds is 6. The van der Waals surface area contributed by atoms with Gasteiger partial charge >= 0.3 is 0 Å². The van der Waals surface area contributed by atoms with Crippen LogP contribution in [0.25, 0.3) is 0 Å². The summed E-state index contributed by atoms with van der Waals surface area (Å²) in [6, 6.07) is 6.60. The lowest BCUT2D eigenvalue weighted by atomic mass is 10.2. The molecule has 0 radical (unpaired) electrons. The van der Waals surface area contributed by atoms with Gasteiger partial charge in [0.15, 0.2) is 0 Å². The predicted molar refractivity (Wildman–Crippen MR) is 74.7 cm³/mol. The second-order valence-corrected chi connectivity index (χ2v) is 6.05. The summed E-state index contributed by atoms with van der Waals surface area (Å²) in [6.07, 6.45) is 6.16. The van der Waals surface area contributed by atoms with Crippen LogP contribution in [0, 0.1) is 6.92 Å². The summed E-state index contributed by atoms with van der Waals surface area (Å²) < 4.78 is 28.8. The fourth-order valence-electron chi connectivity index (χ4n) is 1.68. The monoisotopic (exact) mass is 292 g/mol. The molecule has 0 aliphatic heterocycles. The van der Waals surface area contributed by atoms with Crippen LogP contribution in [0.3, 0.4) is 0 Å². The van der Waals surface area contributed by atoms with Gasteiger partial charge in [-0.1, -0.05) is 17.7 Å². The van der Waals surface area contributed by atoms with Gasteiger partial charge in [-0.15, -0.1) is 0 Å². The molecule has 1 aromatic heterocycles. The van der Waals surface area contributed by atoms with E-state index >= 15 is 0 Å². The average molecular weight is 292 g/mol. The fourth-order valence-corrected chi connectivity index (χ4v) is 2.62. The number of aryl methyl sites for hydroxylation is 2. The Balaban J connectivity index is 1.85. The van der Waals surface area contributed by atoms with Crippen molar-refractivity contribution in [2.24, 2.45) is 0 Å². The van der Waals surface area contributed by atoms with E-state index in [1.54, 1.807) is 36.7 Å². The summed E-state index contributed by atoms with van der Waals surface area (Å²) in [5.74, 6) is 0. The number of aromatic nitrogens is 2. The first-order valence-corrected chi connectivity index (χ1v) is 7.69. The molecule has 1 aromatic carbocycles. The molecule has 0 bridgehead atoms.